The molecular weight excluding hydrogens is 282 g/mol. The van der Waals surface area contributed by atoms with E-state index in [4.69, 9.17) is 5.73 Å². The number of nitro benzene ring substituents is 1. The van der Waals surface area contributed by atoms with Gasteiger partial charge in [-0.15, -0.1) is 12.4 Å². The van der Waals surface area contributed by atoms with E-state index in [1.165, 1.54) is 12.1 Å². The van der Waals surface area contributed by atoms with Crippen molar-refractivity contribution in [2.24, 2.45) is 5.73 Å². The molecule has 112 valence electrons. The van der Waals surface area contributed by atoms with Gasteiger partial charge in [-0.05, 0) is 18.9 Å². The van der Waals surface area contributed by atoms with Crippen LogP contribution < -0.4 is 11.1 Å². The summed E-state index contributed by atoms with van der Waals surface area (Å²) >= 11 is 0. The number of nitrogens with two attached hydrogens (primary N) is 1. The lowest BCUT2D eigenvalue weighted by atomic mass is 9.96. The van der Waals surface area contributed by atoms with Gasteiger partial charge in [0.1, 0.15) is 0 Å². The van der Waals surface area contributed by atoms with E-state index in [1.807, 2.05) is 6.92 Å². The highest BCUT2D eigenvalue weighted by molar-refractivity contribution is 5.85. The topological polar surface area (TPSA) is 98.3 Å². The summed E-state index contributed by atoms with van der Waals surface area (Å²) in [5, 5.41) is 13.2. The normalized spacial score (nSPS) is 12.9. The molecule has 1 amide bonds. The van der Waals surface area contributed by atoms with Crippen LogP contribution in [0.4, 0.5) is 5.69 Å². The van der Waals surface area contributed by atoms with E-state index in [2.05, 4.69) is 5.32 Å². The Labute approximate surface area is 124 Å². The first kappa shape index (κ1) is 18.3. The van der Waals surface area contributed by atoms with Crippen molar-refractivity contribution in [1.82, 2.24) is 5.32 Å². The first-order valence-electron chi connectivity index (χ1n) is 6.17. The fraction of sp³-hybridized carbons (Fsp3) is 0.462. The van der Waals surface area contributed by atoms with Gasteiger partial charge in [0.05, 0.1) is 10.5 Å². The highest BCUT2D eigenvalue weighted by Crippen LogP contribution is 2.12. The Kier molecular flexibility index (Phi) is 7.17. The molecule has 0 saturated heterocycles. The van der Waals surface area contributed by atoms with Crippen molar-refractivity contribution in [3.8, 4) is 0 Å². The smallest absolute Gasteiger partial charge is 0.269 e. The van der Waals surface area contributed by atoms with Crippen LogP contribution in [0.2, 0.25) is 0 Å². The molecule has 0 saturated carbocycles. The maximum Gasteiger partial charge on any atom is 0.269 e. The average Bonchev–Trinajstić information content (AvgIpc) is 2.36. The first-order chi connectivity index (χ1) is 8.86. The van der Waals surface area contributed by atoms with Gasteiger partial charge in [-0.3, -0.25) is 14.9 Å². The minimum atomic E-state index is -0.879. The molecule has 0 aliphatic rings. The Morgan fingerprint density at radius 1 is 1.40 bits per heavy atom. The number of nitrogens with one attached hydrogen (secondary N) is 1. The summed E-state index contributed by atoms with van der Waals surface area (Å²) in [6.45, 7) is 3.98. The van der Waals surface area contributed by atoms with E-state index in [9.17, 15) is 14.9 Å². The molecule has 3 N–H and O–H groups in total. The number of nitro groups is 1. The summed E-state index contributed by atoms with van der Waals surface area (Å²) in [5.41, 5.74) is 5.85. The first-order valence-corrected chi connectivity index (χ1v) is 6.17. The summed E-state index contributed by atoms with van der Waals surface area (Å²) in [6, 6.07) is 6.06. The zero-order valence-electron chi connectivity index (χ0n) is 11.6. The zero-order chi connectivity index (χ0) is 14.5. The highest BCUT2D eigenvalue weighted by atomic mass is 35.5. The van der Waals surface area contributed by atoms with Crippen molar-refractivity contribution in [1.29, 1.82) is 0 Å². The third-order valence-electron chi connectivity index (χ3n) is 2.89. The molecule has 0 bridgehead atoms. The average molecular weight is 302 g/mol. The van der Waals surface area contributed by atoms with Crippen LogP contribution in [0.5, 0.6) is 0 Å². The van der Waals surface area contributed by atoms with E-state index >= 15 is 0 Å². The molecule has 0 heterocycles. The van der Waals surface area contributed by atoms with Crippen molar-refractivity contribution >= 4 is 24.0 Å². The second-order valence-corrected chi connectivity index (χ2v) is 4.77. The monoisotopic (exact) mass is 301 g/mol. The molecule has 1 aromatic rings. The lowest BCUT2D eigenvalue weighted by Crippen LogP contribution is -2.51. The molecule has 0 radical (unpaired) electrons. The van der Waals surface area contributed by atoms with Crippen molar-refractivity contribution < 1.29 is 9.72 Å². The van der Waals surface area contributed by atoms with Gasteiger partial charge in [0.15, 0.2) is 0 Å². The lowest BCUT2D eigenvalue weighted by molar-refractivity contribution is -0.384. The number of non-ortho nitro benzene ring substituents is 1. The summed E-state index contributed by atoms with van der Waals surface area (Å²) < 4.78 is 0. The molecule has 6 nitrogen and oxygen atoms in total. The molecule has 1 rings (SSSR count). The number of nitrogens with zero attached hydrogens (tertiary/aromatic N) is 1. The number of rotatable bonds is 6. The van der Waals surface area contributed by atoms with E-state index < -0.39 is 10.5 Å². The summed E-state index contributed by atoms with van der Waals surface area (Å²) in [7, 11) is 0. The van der Waals surface area contributed by atoms with Crippen LogP contribution >= 0.6 is 12.4 Å². The third kappa shape index (κ3) is 5.14. The van der Waals surface area contributed by atoms with Gasteiger partial charge in [-0.2, -0.15) is 0 Å². The maximum absolute atomic E-state index is 11.9. The summed E-state index contributed by atoms with van der Waals surface area (Å²) in [5.74, 6) is -0.215. The van der Waals surface area contributed by atoms with Crippen molar-refractivity contribution in [3.63, 3.8) is 0 Å². The van der Waals surface area contributed by atoms with Gasteiger partial charge in [0.25, 0.3) is 5.69 Å². The summed E-state index contributed by atoms with van der Waals surface area (Å²) in [6.07, 6.45) is 1.44. The van der Waals surface area contributed by atoms with Crippen LogP contribution in [0.1, 0.15) is 32.3 Å². The predicted octanol–water partition coefficient (Wildman–Crippen LogP) is 2.15. The number of carbonyl (C=O) groups is 1. The highest BCUT2D eigenvalue weighted by Gasteiger charge is 2.26. The number of amides is 1. The number of hydrogen-bond acceptors (Lipinski definition) is 4. The van der Waals surface area contributed by atoms with Crippen LogP contribution in [0.3, 0.4) is 0 Å². The van der Waals surface area contributed by atoms with E-state index in [0.29, 0.717) is 13.0 Å². The van der Waals surface area contributed by atoms with E-state index in [1.54, 1.807) is 19.1 Å². The molecule has 1 atom stereocenters. The fourth-order valence-corrected chi connectivity index (χ4v) is 1.75. The number of hydrogen-bond donors (Lipinski definition) is 2. The number of carbonyl (C=O) groups excluding carboxylic acids is 1. The largest absolute Gasteiger partial charge is 0.350 e. The third-order valence-corrected chi connectivity index (χ3v) is 2.89. The molecule has 0 aromatic heterocycles. The lowest BCUT2D eigenvalue weighted by Gasteiger charge is -2.22. The number of benzene rings is 1. The van der Waals surface area contributed by atoms with Gasteiger partial charge in [0, 0.05) is 18.7 Å². The second kappa shape index (κ2) is 7.81. The van der Waals surface area contributed by atoms with E-state index in [0.717, 1.165) is 12.0 Å². The molecule has 1 aromatic carbocycles. The van der Waals surface area contributed by atoms with Crippen LogP contribution in [0, 0.1) is 10.1 Å². The van der Waals surface area contributed by atoms with Crippen molar-refractivity contribution in [2.75, 3.05) is 0 Å². The quantitative estimate of drug-likeness (QED) is 0.621. The zero-order valence-corrected chi connectivity index (χ0v) is 12.4. The predicted molar refractivity (Wildman–Crippen MR) is 79.7 cm³/mol. The van der Waals surface area contributed by atoms with Gasteiger partial charge in [-0.1, -0.05) is 25.5 Å². The molecule has 1 unspecified atom stereocenters. The molecule has 0 aliphatic carbocycles. The maximum atomic E-state index is 11.9. The van der Waals surface area contributed by atoms with Crippen molar-refractivity contribution in [2.45, 2.75) is 38.8 Å². The minimum Gasteiger partial charge on any atom is -0.350 e. The fourth-order valence-electron chi connectivity index (χ4n) is 1.75. The Balaban J connectivity index is 0.00000361. The Bertz CT molecular complexity index is 460. The Morgan fingerprint density at radius 3 is 2.40 bits per heavy atom. The Morgan fingerprint density at radius 2 is 1.95 bits per heavy atom. The molecule has 7 heteroatoms. The summed E-state index contributed by atoms with van der Waals surface area (Å²) in [4.78, 5) is 21.9. The molecule has 0 fully saturated rings. The van der Waals surface area contributed by atoms with Crippen LogP contribution in [-0.2, 0) is 11.3 Å². The molecule has 0 spiro atoms. The van der Waals surface area contributed by atoms with E-state index in [-0.39, 0.29) is 24.0 Å². The van der Waals surface area contributed by atoms with Crippen LogP contribution in [0.15, 0.2) is 24.3 Å². The van der Waals surface area contributed by atoms with Gasteiger partial charge < -0.3 is 11.1 Å². The Hall–Kier alpha value is -1.66. The van der Waals surface area contributed by atoms with Gasteiger partial charge in [-0.25, -0.2) is 0 Å². The number of halogens is 1. The van der Waals surface area contributed by atoms with Crippen LogP contribution in [-0.4, -0.2) is 16.4 Å². The van der Waals surface area contributed by atoms with Gasteiger partial charge >= 0.3 is 0 Å². The minimum absolute atomic E-state index is 0. The standard InChI is InChI=1S/C13H19N3O3.ClH/c1-3-8-13(2,14)12(17)15-9-10-4-6-11(7-5-10)16(18)19;/h4-7H,3,8-9,14H2,1-2H3,(H,15,17);1H. The second-order valence-electron chi connectivity index (χ2n) is 4.77. The molecular formula is C13H20ClN3O3. The SMILES string of the molecule is CCCC(C)(N)C(=O)NCc1ccc([N+](=O)[O-])cc1.Cl. The van der Waals surface area contributed by atoms with Crippen LogP contribution in [0.25, 0.3) is 0 Å². The molecule has 20 heavy (non-hydrogen) atoms. The van der Waals surface area contributed by atoms with Crippen molar-refractivity contribution in [3.05, 3.63) is 39.9 Å². The molecule has 0 aliphatic heterocycles. The van der Waals surface area contributed by atoms with Gasteiger partial charge in [0.2, 0.25) is 5.91 Å².